The van der Waals surface area contributed by atoms with Crippen LogP contribution >= 0.6 is 11.3 Å². The van der Waals surface area contributed by atoms with E-state index in [2.05, 4.69) is 164 Å². The van der Waals surface area contributed by atoms with Crippen molar-refractivity contribution in [1.82, 2.24) is 15.0 Å². The molecule has 12 rings (SSSR count). The fourth-order valence-electron chi connectivity index (χ4n) is 9.60. The minimum atomic E-state index is -0.524. The third-order valence-corrected chi connectivity index (χ3v) is 13.6. The predicted molar refractivity (Wildman–Crippen MR) is 257 cm³/mol. The molecule has 11 aromatic rings. The van der Waals surface area contributed by atoms with Gasteiger partial charge in [-0.2, -0.15) is 0 Å². The second-order valence-electron chi connectivity index (χ2n) is 15.9. The van der Waals surface area contributed by atoms with Crippen LogP contribution in [0.15, 0.2) is 224 Å². The standard InChI is InChI=1S/C58H37N3S/c1-5-17-39(18-6-1)55-59-56(40-19-7-2-8-20-40)61-57(60-55)41-31-29-38(30-32-41)49-37-52-50(36-48(49)42-33-34-47-46-26-14-16-28-53(46)62-54(47)35-42)45-25-13-15-27-51(45)58(52,43-21-9-3-10-22-43)44-23-11-4-12-24-44/h1-37H. The van der Waals surface area contributed by atoms with Gasteiger partial charge in [0.25, 0.3) is 0 Å². The molecule has 0 amide bonds. The smallest absolute Gasteiger partial charge is 0.164 e. The van der Waals surface area contributed by atoms with Gasteiger partial charge in [-0.15, -0.1) is 11.3 Å². The normalized spacial score (nSPS) is 12.6. The Balaban J connectivity index is 1.09. The van der Waals surface area contributed by atoms with Gasteiger partial charge < -0.3 is 0 Å². The lowest BCUT2D eigenvalue weighted by Crippen LogP contribution is -2.28. The van der Waals surface area contributed by atoms with Crippen molar-refractivity contribution in [3.05, 3.63) is 247 Å². The molecule has 0 unspecified atom stereocenters. The second kappa shape index (κ2) is 14.7. The van der Waals surface area contributed by atoms with Gasteiger partial charge in [0.05, 0.1) is 5.41 Å². The first-order valence-corrected chi connectivity index (χ1v) is 21.8. The maximum Gasteiger partial charge on any atom is 0.164 e. The Morgan fingerprint density at radius 3 is 1.39 bits per heavy atom. The summed E-state index contributed by atoms with van der Waals surface area (Å²) in [7, 11) is 0. The summed E-state index contributed by atoms with van der Waals surface area (Å²) in [6, 6.07) is 80.8. The maximum absolute atomic E-state index is 5.05. The van der Waals surface area contributed by atoms with Gasteiger partial charge in [0.2, 0.25) is 0 Å². The lowest BCUT2D eigenvalue weighted by Gasteiger charge is -2.34. The molecule has 0 N–H and O–H groups in total. The second-order valence-corrected chi connectivity index (χ2v) is 17.0. The maximum atomic E-state index is 5.05. The summed E-state index contributed by atoms with van der Waals surface area (Å²) in [6.45, 7) is 0. The number of benzene rings is 9. The molecule has 0 fully saturated rings. The predicted octanol–water partition coefficient (Wildman–Crippen LogP) is 14.9. The highest BCUT2D eigenvalue weighted by Gasteiger charge is 2.46. The van der Waals surface area contributed by atoms with Crippen LogP contribution in [-0.2, 0) is 5.41 Å². The molecule has 2 heterocycles. The van der Waals surface area contributed by atoms with Crippen LogP contribution in [0.1, 0.15) is 22.3 Å². The number of fused-ring (bicyclic) bond motifs is 6. The summed E-state index contributed by atoms with van der Waals surface area (Å²) in [6.07, 6.45) is 0. The molecule has 1 aliphatic rings. The molecule has 0 atom stereocenters. The van der Waals surface area contributed by atoms with Crippen LogP contribution in [0.5, 0.6) is 0 Å². The molecule has 4 heteroatoms. The van der Waals surface area contributed by atoms with E-state index in [-0.39, 0.29) is 0 Å². The monoisotopic (exact) mass is 807 g/mol. The highest BCUT2D eigenvalue weighted by Crippen LogP contribution is 2.58. The van der Waals surface area contributed by atoms with Crippen molar-refractivity contribution in [2.75, 3.05) is 0 Å². The summed E-state index contributed by atoms with van der Waals surface area (Å²) >= 11 is 1.86. The molecule has 0 aliphatic heterocycles. The third kappa shape index (κ3) is 5.83. The Hall–Kier alpha value is -7.79. The van der Waals surface area contributed by atoms with Gasteiger partial charge in [-0.05, 0) is 79.9 Å². The Bertz CT molecular complexity index is 3340. The summed E-state index contributed by atoms with van der Waals surface area (Å²) in [5, 5.41) is 2.60. The van der Waals surface area contributed by atoms with Gasteiger partial charge in [0.1, 0.15) is 0 Å². The van der Waals surface area contributed by atoms with Gasteiger partial charge in [0.15, 0.2) is 17.5 Å². The fourth-order valence-corrected chi connectivity index (χ4v) is 10.7. The quantitative estimate of drug-likeness (QED) is 0.161. The number of rotatable bonds is 7. The first-order valence-electron chi connectivity index (χ1n) is 21.0. The number of aromatic nitrogens is 3. The Morgan fingerprint density at radius 2 is 0.758 bits per heavy atom. The molecule has 3 nitrogen and oxygen atoms in total. The summed E-state index contributed by atoms with van der Waals surface area (Å²) in [5.41, 5.74) is 14.6. The van der Waals surface area contributed by atoms with Crippen LogP contribution < -0.4 is 0 Å². The summed E-state index contributed by atoms with van der Waals surface area (Å²) in [4.78, 5) is 15.0. The number of thiophene rings is 1. The lowest BCUT2D eigenvalue weighted by molar-refractivity contribution is 0.769. The highest BCUT2D eigenvalue weighted by atomic mass is 32.1. The van der Waals surface area contributed by atoms with Crippen molar-refractivity contribution >= 4 is 31.5 Å². The molecule has 0 radical (unpaired) electrons. The first kappa shape index (κ1) is 36.1. The zero-order valence-corrected chi connectivity index (χ0v) is 34.4. The number of nitrogens with zero attached hydrogens (tertiary/aromatic N) is 3. The molecular weight excluding hydrogens is 771 g/mol. The van der Waals surface area contributed by atoms with Crippen molar-refractivity contribution in [3.63, 3.8) is 0 Å². The van der Waals surface area contributed by atoms with Gasteiger partial charge in [-0.1, -0.05) is 200 Å². The van der Waals surface area contributed by atoms with Crippen molar-refractivity contribution in [1.29, 1.82) is 0 Å². The molecule has 0 saturated heterocycles. The van der Waals surface area contributed by atoms with Crippen molar-refractivity contribution in [2.24, 2.45) is 0 Å². The Labute approximate surface area is 364 Å². The number of hydrogen-bond acceptors (Lipinski definition) is 4. The zero-order chi connectivity index (χ0) is 41.0. The third-order valence-electron chi connectivity index (χ3n) is 12.4. The minimum absolute atomic E-state index is 0.524. The van der Waals surface area contributed by atoms with Crippen LogP contribution in [0.3, 0.4) is 0 Å². The van der Waals surface area contributed by atoms with Crippen LogP contribution in [0.2, 0.25) is 0 Å². The summed E-state index contributed by atoms with van der Waals surface area (Å²) in [5.74, 6) is 1.93. The SMILES string of the molecule is c1ccc(-c2nc(-c3ccccc3)nc(-c3ccc(-c4cc5c(cc4-c4ccc6c(c4)sc4ccccc46)-c4ccccc4C5(c4ccccc4)c4ccccc4)cc3)n2)cc1. The van der Waals surface area contributed by atoms with Crippen LogP contribution in [0.4, 0.5) is 0 Å². The summed E-state index contributed by atoms with van der Waals surface area (Å²) < 4.78 is 2.59. The van der Waals surface area contributed by atoms with Crippen LogP contribution in [0.25, 0.3) is 87.7 Å². The van der Waals surface area contributed by atoms with E-state index < -0.39 is 5.41 Å². The van der Waals surface area contributed by atoms with Gasteiger partial charge >= 0.3 is 0 Å². The molecule has 0 bridgehead atoms. The average molecular weight is 808 g/mol. The molecule has 0 spiro atoms. The van der Waals surface area contributed by atoms with Crippen LogP contribution in [0, 0.1) is 0 Å². The van der Waals surface area contributed by atoms with E-state index in [4.69, 9.17) is 15.0 Å². The van der Waals surface area contributed by atoms with E-state index >= 15 is 0 Å². The Kier molecular flexibility index (Phi) is 8.58. The Morgan fingerprint density at radius 1 is 0.290 bits per heavy atom. The lowest BCUT2D eigenvalue weighted by atomic mass is 9.67. The van der Waals surface area contributed by atoms with E-state index in [1.807, 2.05) is 72.0 Å². The number of hydrogen-bond donors (Lipinski definition) is 0. The largest absolute Gasteiger partial charge is 0.208 e. The zero-order valence-electron chi connectivity index (χ0n) is 33.6. The minimum Gasteiger partial charge on any atom is -0.208 e. The van der Waals surface area contributed by atoms with Crippen LogP contribution in [-0.4, -0.2) is 15.0 Å². The molecule has 290 valence electrons. The molecule has 9 aromatic carbocycles. The molecule has 1 aliphatic carbocycles. The van der Waals surface area contributed by atoms with Gasteiger partial charge in [-0.25, -0.2) is 15.0 Å². The van der Waals surface area contributed by atoms with Gasteiger partial charge in [-0.3, -0.25) is 0 Å². The molecule has 62 heavy (non-hydrogen) atoms. The van der Waals surface area contributed by atoms with Crippen molar-refractivity contribution < 1.29 is 0 Å². The fraction of sp³-hybridized carbons (Fsp3) is 0.0172. The first-order chi connectivity index (χ1) is 30.7. The van der Waals surface area contributed by atoms with E-state index in [1.165, 1.54) is 70.2 Å². The van der Waals surface area contributed by atoms with E-state index in [0.717, 1.165) is 22.3 Å². The molecular formula is C58H37N3S. The van der Waals surface area contributed by atoms with E-state index in [9.17, 15) is 0 Å². The average Bonchev–Trinajstić information content (AvgIpc) is 3.87. The van der Waals surface area contributed by atoms with E-state index in [1.54, 1.807) is 0 Å². The van der Waals surface area contributed by atoms with Gasteiger partial charge in [0, 0.05) is 36.9 Å². The highest BCUT2D eigenvalue weighted by molar-refractivity contribution is 7.25. The molecule has 2 aromatic heterocycles. The van der Waals surface area contributed by atoms with E-state index in [0.29, 0.717) is 17.5 Å². The van der Waals surface area contributed by atoms with Crippen molar-refractivity contribution in [2.45, 2.75) is 5.41 Å². The molecule has 0 saturated carbocycles. The topological polar surface area (TPSA) is 38.7 Å². The van der Waals surface area contributed by atoms with Crippen molar-refractivity contribution in [3.8, 4) is 67.5 Å².